The van der Waals surface area contributed by atoms with Crippen molar-refractivity contribution in [1.29, 1.82) is 0 Å². The number of nitrogens with one attached hydrogen (secondary N) is 3. The van der Waals surface area contributed by atoms with E-state index in [1.807, 2.05) is 6.92 Å². The molecule has 154 valence electrons. The molecule has 0 fully saturated rings. The van der Waals surface area contributed by atoms with Gasteiger partial charge in [0.2, 0.25) is 0 Å². The van der Waals surface area contributed by atoms with Crippen molar-refractivity contribution in [3.05, 3.63) is 62.2 Å². The monoisotopic (exact) mass is 433 g/mol. The molecule has 0 aliphatic heterocycles. The number of imidazole rings is 1. The summed E-state index contributed by atoms with van der Waals surface area (Å²) in [5, 5.41) is 15.8. The molecule has 0 radical (unpaired) electrons. The number of aromatic nitrogens is 3. The average Bonchev–Trinajstić information content (AvgIpc) is 3.13. The highest BCUT2D eigenvalue weighted by Crippen LogP contribution is 2.20. The Hall–Kier alpha value is -2.46. The van der Waals surface area contributed by atoms with Gasteiger partial charge in [0.1, 0.15) is 17.1 Å². The smallest absolute Gasteiger partial charge is 0.253 e. The van der Waals surface area contributed by atoms with Crippen molar-refractivity contribution in [1.82, 2.24) is 15.0 Å². The third-order valence-corrected chi connectivity index (χ3v) is 6.23. The van der Waals surface area contributed by atoms with Crippen molar-refractivity contribution in [2.24, 2.45) is 0 Å². The minimum Gasteiger partial charge on any atom is -0.506 e. The van der Waals surface area contributed by atoms with Crippen LogP contribution in [0, 0.1) is 6.92 Å². The standard InChI is InChI=1S/C19H23N5O3S2/c1-12-13(24-11-23-12)9-28-7-5-21-16-17(19(27)18(16)26)22-6-8-29-10-14-15(25)3-2-4-20-14/h2-4,11,21-22,25H,5-10H2,1H3,(H,23,24). The van der Waals surface area contributed by atoms with Gasteiger partial charge >= 0.3 is 0 Å². The Bertz CT molecular complexity index is 1010. The number of aryl methyl sites for hydroxylation is 1. The van der Waals surface area contributed by atoms with E-state index in [-0.39, 0.29) is 5.75 Å². The number of H-pyrrole nitrogens is 1. The van der Waals surface area contributed by atoms with Gasteiger partial charge in [0.15, 0.2) is 0 Å². The summed E-state index contributed by atoms with van der Waals surface area (Å²) < 4.78 is 0. The highest BCUT2D eigenvalue weighted by atomic mass is 32.2. The van der Waals surface area contributed by atoms with Crippen molar-refractivity contribution < 1.29 is 5.11 Å². The van der Waals surface area contributed by atoms with Crippen LogP contribution in [0.3, 0.4) is 0 Å². The molecular formula is C19H23N5O3S2. The van der Waals surface area contributed by atoms with Crippen LogP contribution < -0.4 is 21.5 Å². The fourth-order valence-corrected chi connectivity index (χ4v) is 4.32. The molecule has 2 aromatic heterocycles. The number of rotatable bonds is 12. The van der Waals surface area contributed by atoms with E-state index in [9.17, 15) is 14.7 Å². The number of aromatic hydroxyl groups is 1. The summed E-state index contributed by atoms with van der Waals surface area (Å²) >= 11 is 3.30. The van der Waals surface area contributed by atoms with Crippen LogP contribution in [0.1, 0.15) is 17.1 Å². The largest absolute Gasteiger partial charge is 0.506 e. The molecule has 10 heteroatoms. The Morgan fingerprint density at radius 2 is 1.62 bits per heavy atom. The van der Waals surface area contributed by atoms with Gasteiger partial charge in [-0.05, 0) is 19.1 Å². The molecule has 0 spiro atoms. The van der Waals surface area contributed by atoms with E-state index in [4.69, 9.17) is 0 Å². The Kier molecular flexibility index (Phi) is 7.59. The van der Waals surface area contributed by atoms with E-state index in [1.165, 1.54) is 0 Å². The second kappa shape index (κ2) is 10.4. The molecule has 8 nitrogen and oxygen atoms in total. The number of thioether (sulfide) groups is 2. The SMILES string of the molecule is Cc1[nH]cnc1CSCCNc1c(NCCSCc2ncccc2O)c(=O)c1=O. The minimum atomic E-state index is -0.473. The lowest BCUT2D eigenvalue weighted by Crippen LogP contribution is -2.38. The van der Waals surface area contributed by atoms with E-state index in [2.05, 4.69) is 25.6 Å². The molecule has 2 heterocycles. The summed E-state index contributed by atoms with van der Waals surface area (Å²) in [5.74, 6) is 3.08. The zero-order valence-electron chi connectivity index (χ0n) is 16.0. The summed E-state index contributed by atoms with van der Waals surface area (Å²) in [7, 11) is 0. The number of nitrogens with zero attached hydrogens (tertiary/aromatic N) is 2. The van der Waals surface area contributed by atoms with Gasteiger partial charge in [-0.2, -0.15) is 23.5 Å². The van der Waals surface area contributed by atoms with Crippen molar-refractivity contribution in [3.63, 3.8) is 0 Å². The van der Waals surface area contributed by atoms with Gasteiger partial charge in [0.25, 0.3) is 10.9 Å². The Morgan fingerprint density at radius 1 is 1.00 bits per heavy atom. The number of hydrogen-bond donors (Lipinski definition) is 4. The van der Waals surface area contributed by atoms with Crippen LogP contribution in [0.15, 0.2) is 34.2 Å². The zero-order chi connectivity index (χ0) is 20.6. The van der Waals surface area contributed by atoms with Crippen LogP contribution in [0.5, 0.6) is 5.75 Å². The average molecular weight is 434 g/mol. The molecule has 4 N–H and O–H groups in total. The summed E-state index contributed by atoms with van der Waals surface area (Å²) in [6.45, 7) is 3.13. The van der Waals surface area contributed by atoms with Crippen LogP contribution in [0.2, 0.25) is 0 Å². The predicted octanol–water partition coefficient (Wildman–Crippen LogP) is 2.11. The quantitative estimate of drug-likeness (QED) is 0.251. The van der Waals surface area contributed by atoms with Gasteiger partial charge < -0.3 is 20.7 Å². The molecule has 3 rings (SSSR count). The first-order valence-electron chi connectivity index (χ1n) is 9.16. The maximum absolute atomic E-state index is 11.8. The lowest BCUT2D eigenvalue weighted by atomic mass is 10.2. The van der Waals surface area contributed by atoms with E-state index >= 15 is 0 Å². The minimum absolute atomic E-state index is 0.183. The third-order valence-electron chi connectivity index (χ3n) is 4.28. The topological polar surface area (TPSA) is 120 Å². The Morgan fingerprint density at radius 3 is 2.17 bits per heavy atom. The molecule has 1 aromatic carbocycles. The van der Waals surface area contributed by atoms with Crippen LogP contribution in [0.4, 0.5) is 11.4 Å². The highest BCUT2D eigenvalue weighted by molar-refractivity contribution is 7.98. The van der Waals surface area contributed by atoms with Crippen LogP contribution in [-0.4, -0.2) is 44.7 Å². The first kappa shape index (κ1) is 21.3. The molecule has 0 aliphatic rings. The summed E-state index contributed by atoms with van der Waals surface area (Å²) in [6.07, 6.45) is 3.33. The van der Waals surface area contributed by atoms with E-state index in [1.54, 1.807) is 48.2 Å². The summed E-state index contributed by atoms with van der Waals surface area (Å²) in [4.78, 5) is 35.0. The van der Waals surface area contributed by atoms with Crippen LogP contribution in [0.25, 0.3) is 0 Å². The molecule has 0 saturated heterocycles. The van der Waals surface area contributed by atoms with Gasteiger partial charge in [-0.3, -0.25) is 14.6 Å². The van der Waals surface area contributed by atoms with Crippen molar-refractivity contribution in [2.75, 3.05) is 35.2 Å². The van der Waals surface area contributed by atoms with Crippen molar-refractivity contribution in [3.8, 4) is 5.75 Å². The zero-order valence-corrected chi connectivity index (χ0v) is 17.7. The van der Waals surface area contributed by atoms with Crippen molar-refractivity contribution >= 4 is 34.9 Å². The molecule has 0 aliphatic carbocycles. The van der Waals surface area contributed by atoms with Crippen LogP contribution in [-0.2, 0) is 11.5 Å². The molecule has 0 atom stereocenters. The first-order valence-corrected chi connectivity index (χ1v) is 11.5. The van der Waals surface area contributed by atoms with Gasteiger partial charge in [-0.1, -0.05) is 0 Å². The fourth-order valence-electron chi connectivity index (χ4n) is 2.64. The number of pyridine rings is 1. The molecule has 0 bridgehead atoms. The van der Waals surface area contributed by atoms with Gasteiger partial charge in [-0.25, -0.2) is 4.98 Å². The van der Waals surface area contributed by atoms with E-state index in [0.717, 1.165) is 22.9 Å². The van der Waals surface area contributed by atoms with E-state index in [0.29, 0.717) is 41.7 Å². The molecule has 0 saturated carbocycles. The predicted molar refractivity (Wildman–Crippen MR) is 120 cm³/mol. The van der Waals surface area contributed by atoms with Gasteiger partial charge in [0.05, 0.1) is 17.7 Å². The number of hydrogen-bond acceptors (Lipinski definition) is 9. The molecule has 3 aromatic rings. The summed E-state index contributed by atoms with van der Waals surface area (Å²) in [6, 6.07) is 3.29. The number of aromatic amines is 1. The lowest BCUT2D eigenvalue weighted by Gasteiger charge is -2.14. The maximum Gasteiger partial charge on any atom is 0.253 e. The van der Waals surface area contributed by atoms with Gasteiger partial charge in [-0.15, -0.1) is 0 Å². The van der Waals surface area contributed by atoms with Gasteiger partial charge in [0, 0.05) is 48.0 Å². The number of anilines is 2. The Balaban J connectivity index is 1.36. The third kappa shape index (κ3) is 5.54. The highest BCUT2D eigenvalue weighted by Gasteiger charge is 2.19. The molecule has 0 unspecified atom stereocenters. The molecular weight excluding hydrogens is 410 g/mol. The molecule has 29 heavy (non-hydrogen) atoms. The van der Waals surface area contributed by atoms with Crippen LogP contribution >= 0.6 is 23.5 Å². The molecule has 0 amide bonds. The normalized spacial score (nSPS) is 11.1. The first-order chi connectivity index (χ1) is 14.1. The second-order valence-corrected chi connectivity index (χ2v) is 8.52. The lowest BCUT2D eigenvalue weighted by molar-refractivity contribution is 0.467. The van der Waals surface area contributed by atoms with Crippen molar-refractivity contribution in [2.45, 2.75) is 18.4 Å². The maximum atomic E-state index is 11.8. The van der Waals surface area contributed by atoms with E-state index < -0.39 is 10.9 Å². The summed E-state index contributed by atoms with van der Waals surface area (Å²) in [5.41, 5.74) is 2.53. The Labute approximate surface area is 176 Å². The fraction of sp³-hybridized carbons (Fsp3) is 0.368. The second-order valence-electron chi connectivity index (χ2n) is 6.31.